The summed E-state index contributed by atoms with van der Waals surface area (Å²) in [6.07, 6.45) is 2.04. The zero-order valence-electron chi connectivity index (χ0n) is 11.1. The van der Waals surface area contributed by atoms with Gasteiger partial charge in [-0.1, -0.05) is 6.07 Å². The zero-order valence-corrected chi connectivity index (χ0v) is 11.1. The van der Waals surface area contributed by atoms with E-state index >= 15 is 0 Å². The number of nitrogens with one attached hydrogen (secondary N) is 1. The predicted molar refractivity (Wildman–Crippen MR) is 73.9 cm³/mol. The first-order chi connectivity index (χ1) is 8.75. The molecule has 0 radical (unpaired) electrons. The van der Waals surface area contributed by atoms with E-state index in [0.29, 0.717) is 0 Å². The van der Waals surface area contributed by atoms with Crippen LogP contribution in [0.4, 0.5) is 0 Å². The molecule has 0 spiro atoms. The van der Waals surface area contributed by atoms with Crippen LogP contribution in [0.3, 0.4) is 0 Å². The van der Waals surface area contributed by atoms with Gasteiger partial charge < -0.3 is 9.72 Å². The smallest absolute Gasteiger partial charge is 0.0594 e. The molecule has 3 nitrogen and oxygen atoms in total. The van der Waals surface area contributed by atoms with Crippen molar-refractivity contribution in [3.05, 3.63) is 35.0 Å². The highest BCUT2D eigenvalue weighted by molar-refractivity contribution is 5.86. The van der Waals surface area contributed by atoms with Crippen LogP contribution in [0.5, 0.6) is 0 Å². The zero-order chi connectivity index (χ0) is 12.5. The van der Waals surface area contributed by atoms with E-state index in [1.54, 1.807) is 0 Å². The number of benzene rings is 1. The fraction of sp³-hybridized carbons (Fsp3) is 0.467. The molecule has 1 aromatic carbocycles. The lowest BCUT2D eigenvalue weighted by atomic mass is 10.00. The van der Waals surface area contributed by atoms with Crippen LogP contribution in [0.2, 0.25) is 0 Å². The molecule has 3 rings (SSSR count). The summed E-state index contributed by atoms with van der Waals surface area (Å²) in [5.74, 6) is 0. The van der Waals surface area contributed by atoms with Crippen LogP contribution in [0.25, 0.3) is 10.9 Å². The maximum absolute atomic E-state index is 5.41. The van der Waals surface area contributed by atoms with Crippen molar-refractivity contribution in [3.8, 4) is 0 Å². The second-order valence-electron chi connectivity index (χ2n) is 5.14. The van der Waals surface area contributed by atoms with Crippen molar-refractivity contribution in [1.82, 2.24) is 9.88 Å². The maximum atomic E-state index is 5.41. The first-order valence-corrected chi connectivity index (χ1v) is 6.62. The van der Waals surface area contributed by atoms with Gasteiger partial charge in [-0.05, 0) is 36.6 Å². The molecule has 0 amide bonds. The highest BCUT2D eigenvalue weighted by Crippen LogP contribution is 2.26. The summed E-state index contributed by atoms with van der Waals surface area (Å²) in [6, 6.07) is 4.49. The molecule has 2 heterocycles. The molecule has 1 aliphatic heterocycles. The van der Waals surface area contributed by atoms with Crippen LogP contribution >= 0.6 is 0 Å². The lowest BCUT2D eigenvalue weighted by molar-refractivity contribution is 0.0343. The summed E-state index contributed by atoms with van der Waals surface area (Å²) >= 11 is 0. The molecule has 0 bridgehead atoms. The van der Waals surface area contributed by atoms with E-state index in [0.717, 1.165) is 32.8 Å². The van der Waals surface area contributed by atoms with Crippen LogP contribution in [-0.2, 0) is 11.3 Å². The molecule has 0 saturated carbocycles. The Bertz CT molecular complexity index is 553. The van der Waals surface area contributed by atoms with E-state index in [4.69, 9.17) is 4.74 Å². The molecular formula is C15H20N2O. The number of fused-ring (bicyclic) bond motifs is 1. The highest BCUT2D eigenvalue weighted by atomic mass is 16.5. The van der Waals surface area contributed by atoms with Crippen molar-refractivity contribution < 1.29 is 4.74 Å². The van der Waals surface area contributed by atoms with Crippen molar-refractivity contribution >= 4 is 10.9 Å². The molecule has 2 aromatic rings. The van der Waals surface area contributed by atoms with Gasteiger partial charge in [0.05, 0.1) is 13.2 Å². The van der Waals surface area contributed by atoms with Crippen molar-refractivity contribution in [2.45, 2.75) is 20.4 Å². The summed E-state index contributed by atoms with van der Waals surface area (Å²) < 4.78 is 5.41. The number of ether oxygens (including phenoxy) is 1. The Morgan fingerprint density at radius 2 is 2.00 bits per heavy atom. The van der Waals surface area contributed by atoms with Gasteiger partial charge in [0.25, 0.3) is 0 Å². The summed E-state index contributed by atoms with van der Waals surface area (Å²) in [5.41, 5.74) is 5.46. The fourth-order valence-corrected chi connectivity index (χ4v) is 2.84. The summed E-state index contributed by atoms with van der Waals surface area (Å²) in [4.78, 5) is 5.83. The normalized spacial score (nSPS) is 17.4. The Morgan fingerprint density at radius 3 is 2.78 bits per heavy atom. The number of rotatable bonds is 2. The van der Waals surface area contributed by atoms with Crippen LogP contribution in [0, 0.1) is 13.8 Å². The van der Waals surface area contributed by atoms with Gasteiger partial charge in [-0.3, -0.25) is 4.90 Å². The number of nitrogens with zero attached hydrogens (tertiary/aromatic N) is 1. The van der Waals surface area contributed by atoms with Gasteiger partial charge >= 0.3 is 0 Å². The van der Waals surface area contributed by atoms with Crippen LogP contribution in [0.1, 0.15) is 16.7 Å². The molecule has 96 valence electrons. The first kappa shape index (κ1) is 11.8. The number of morpholine rings is 1. The Balaban J connectivity index is 1.97. The second-order valence-corrected chi connectivity index (χ2v) is 5.14. The molecular weight excluding hydrogens is 224 g/mol. The molecule has 0 unspecified atom stereocenters. The minimum atomic E-state index is 0.862. The second kappa shape index (κ2) is 4.75. The van der Waals surface area contributed by atoms with E-state index in [9.17, 15) is 0 Å². The molecule has 18 heavy (non-hydrogen) atoms. The molecule has 1 aromatic heterocycles. The fourth-order valence-electron chi connectivity index (χ4n) is 2.84. The monoisotopic (exact) mass is 244 g/mol. The van der Waals surface area contributed by atoms with Gasteiger partial charge in [0.1, 0.15) is 0 Å². The van der Waals surface area contributed by atoms with Gasteiger partial charge in [0.15, 0.2) is 0 Å². The number of hydrogen-bond acceptors (Lipinski definition) is 2. The molecule has 1 aliphatic rings. The number of H-pyrrole nitrogens is 1. The standard InChI is InChI=1S/C15H20N2O/c1-11-9-12(2)15-13(3-4-16-15)14(11)10-17-5-7-18-8-6-17/h3-4,9,16H,5-8,10H2,1-2H3. The molecule has 0 atom stereocenters. The third-order valence-corrected chi connectivity index (χ3v) is 3.86. The third-order valence-electron chi connectivity index (χ3n) is 3.86. The molecule has 1 saturated heterocycles. The van der Waals surface area contributed by atoms with Gasteiger partial charge in [0, 0.05) is 36.7 Å². The van der Waals surface area contributed by atoms with Gasteiger partial charge in [-0.2, -0.15) is 0 Å². The minimum absolute atomic E-state index is 0.862. The molecule has 1 N–H and O–H groups in total. The summed E-state index contributed by atoms with van der Waals surface area (Å²) in [5, 5.41) is 1.37. The van der Waals surface area contributed by atoms with Crippen LogP contribution < -0.4 is 0 Å². The summed E-state index contributed by atoms with van der Waals surface area (Å²) in [6.45, 7) is 9.23. The molecule has 0 aliphatic carbocycles. The van der Waals surface area contributed by atoms with E-state index in [-0.39, 0.29) is 0 Å². The average Bonchev–Trinajstić information content (AvgIpc) is 2.85. The van der Waals surface area contributed by atoms with Crippen molar-refractivity contribution in [3.63, 3.8) is 0 Å². The van der Waals surface area contributed by atoms with Crippen molar-refractivity contribution in [2.75, 3.05) is 26.3 Å². The largest absolute Gasteiger partial charge is 0.379 e. The number of aromatic amines is 1. The molecule has 3 heteroatoms. The van der Waals surface area contributed by atoms with Gasteiger partial charge in [-0.15, -0.1) is 0 Å². The van der Waals surface area contributed by atoms with Crippen molar-refractivity contribution in [1.29, 1.82) is 0 Å². The Hall–Kier alpha value is -1.32. The Labute approximate surface area is 108 Å². The topological polar surface area (TPSA) is 28.3 Å². The van der Waals surface area contributed by atoms with Crippen molar-refractivity contribution in [2.24, 2.45) is 0 Å². The van der Waals surface area contributed by atoms with E-state index in [1.165, 1.54) is 27.6 Å². The number of aromatic nitrogens is 1. The van der Waals surface area contributed by atoms with Gasteiger partial charge in [0.2, 0.25) is 0 Å². The lowest BCUT2D eigenvalue weighted by Crippen LogP contribution is -2.35. The highest BCUT2D eigenvalue weighted by Gasteiger charge is 2.15. The van der Waals surface area contributed by atoms with Gasteiger partial charge in [-0.25, -0.2) is 0 Å². The van der Waals surface area contributed by atoms with E-state index in [1.807, 2.05) is 6.20 Å². The van der Waals surface area contributed by atoms with E-state index < -0.39 is 0 Å². The number of hydrogen-bond donors (Lipinski definition) is 1. The minimum Gasteiger partial charge on any atom is -0.379 e. The lowest BCUT2D eigenvalue weighted by Gasteiger charge is -2.27. The van der Waals surface area contributed by atoms with Crippen LogP contribution in [0.15, 0.2) is 18.3 Å². The van der Waals surface area contributed by atoms with Crippen LogP contribution in [-0.4, -0.2) is 36.2 Å². The third kappa shape index (κ3) is 2.04. The first-order valence-electron chi connectivity index (χ1n) is 6.62. The summed E-state index contributed by atoms with van der Waals surface area (Å²) in [7, 11) is 0. The quantitative estimate of drug-likeness (QED) is 0.879. The Morgan fingerprint density at radius 1 is 1.22 bits per heavy atom. The predicted octanol–water partition coefficient (Wildman–Crippen LogP) is 2.62. The average molecular weight is 244 g/mol. The SMILES string of the molecule is Cc1cc(C)c2[nH]ccc2c1CN1CCOCC1. The van der Waals surface area contributed by atoms with E-state index in [2.05, 4.69) is 35.9 Å². The maximum Gasteiger partial charge on any atom is 0.0594 e. The number of aryl methyl sites for hydroxylation is 2. The molecule has 1 fully saturated rings. The Kier molecular flexibility index (Phi) is 3.10.